The number of aryl methyl sites for hydroxylation is 1. The lowest BCUT2D eigenvalue weighted by molar-refractivity contribution is 0.0690. The van der Waals surface area contributed by atoms with E-state index in [1.165, 1.54) is 6.07 Å². The van der Waals surface area contributed by atoms with E-state index in [1.807, 2.05) is 0 Å². The molecule has 1 atom stereocenters. The van der Waals surface area contributed by atoms with Crippen molar-refractivity contribution in [1.82, 2.24) is 19.8 Å². The van der Waals surface area contributed by atoms with Crippen molar-refractivity contribution in [1.29, 1.82) is 0 Å². The third-order valence-electron chi connectivity index (χ3n) is 3.55. The van der Waals surface area contributed by atoms with E-state index in [9.17, 15) is 4.79 Å². The molecule has 0 bridgehead atoms. The molecule has 0 spiro atoms. The van der Waals surface area contributed by atoms with Gasteiger partial charge in [0.1, 0.15) is 0 Å². The maximum Gasteiger partial charge on any atom is 0.354 e. The molecule has 1 aliphatic rings. The van der Waals surface area contributed by atoms with Crippen LogP contribution in [0, 0.1) is 6.92 Å². The van der Waals surface area contributed by atoms with Crippen molar-refractivity contribution in [2.75, 3.05) is 45.6 Å². The highest BCUT2D eigenvalue weighted by molar-refractivity contribution is 5.85. The average molecular weight is 279 g/mol. The van der Waals surface area contributed by atoms with Gasteiger partial charge in [-0.3, -0.25) is 4.90 Å². The summed E-state index contributed by atoms with van der Waals surface area (Å²) in [5.74, 6) is -0.655. The smallest absolute Gasteiger partial charge is 0.354 e. The summed E-state index contributed by atoms with van der Waals surface area (Å²) in [7, 11) is 4.20. The largest absolute Gasteiger partial charge is 0.477 e. The first-order chi connectivity index (χ1) is 9.45. The van der Waals surface area contributed by atoms with Gasteiger partial charge in [0, 0.05) is 37.9 Å². The summed E-state index contributed by atoms with van der Waals surface area (Å²) in [5, 5.41) is 12.1. The lowest BCUT2D eigenvalue weighted by Crippen LogP contribution is -2.52. The van der Waals surface area contributed by atoms with Gasteiger partial charge in [0.25, 0.3) is 0 Å². The van der Waals surface area contributed by atoms with Gasteiger partial charge in [-0.15, -0.1) is 0 Å². The zero-order valence-electron chi connectivity index (χ0n) is 12.1. The maximum atomic E-state index is 11.0. The van der Waals surface area contributed by atoms with E-state index in [0.29, 0.717) is 24.2 Å². The predicted octanol–water partition coefficient (Wildman–Crippen LogP) is 0.141. The first kappa shape index (κ1) is 14.7. The summed E-state index contributed by atoms with van der Waals surface area (Å²) >= 11 is 0. The number of aromatic nitrogens is 2. The number of hydrogen-bond acceptors (Lipinski definition) is 6. The van der Waals surface area contributed by atoms with Gasteiger partial charge in [0.15, 0.2) is 5.69 Å². The Bertz CT molecular complexity index is 494. The lowest BCUT2D eigenvalue weighted by atomic mass is 10.2. The molecule has 1 fully saturated rings. The zero-order chi connectivity index (χ0) is 14.7. The quantitative estimate of drug-likeness (QED) is 0.811. The third kappa shape index (κ3) is 3.64. The van der Waals surface area contributed by atoms with Gasteiger partial charge in [-0.2, -0.15) is 0 Å². The van der Waals surface area contributed by atoms with Gasteiger partial charge in [0.2, 0.25) is 5.95 Å². The third-order valence-corrected chi connectivity index (χ3v) is 3.55. The molecule has 7 nitrogen and oxygen atoms in total. The van der Waals surface area contributed by atoms with Gasteiger partial charge in [0.05, 0.1) is 0 Å². The van der Waals surface area contributed by atoms with Crippen molar-refractivity contribution in [3.63, 3.8) is 0 Å². The van der Waals surface area contributed by atoms with Crippen LogP contribution in [-0.2, 0) is 0 Å². The molecule has 1 aromatic rings. The van der Waals surface area contributed by atoms with Crippen LogP contribution in [0.25, 0.3) is 0 Å². The molecule has 1 aliphatic heterocycles. The van der Waals surface area contributed by atoms with Crippen LogP contribution in [0.5, 0.6) is 0 Å². The van der Waals surface area contributed by atoms with Crippen LogP contribution in [0.4, 0.5) is 5.95 Å². The standard InChI is InChI=1S/C13H21N5O2/c1-9-6-11(12(19)20)16-13(15-9)14-7-10-8-17(2)4-5-18(10)3/h6,10H,4-5,7-8H2,1-3H3,(H,19,20)(H,14,15,16). The van der Waals surface area contributed by atoms with Crippen LogP contribution in [0.2, 0.25) is 0 Å². The summed E-state index contributed by atoms with van der Waals surface area (Å²) in [6.07, 6.45) is 0. The normalized spacial score (nSPS) is 20.9. The van der Waals surface area contributed by atoms with E-state index < -0.39 is 5.97 Å². The number of nitrogens with one attached hydrogen (secondary N) is 1. The first-order valence-electron chi connectivity index (χ1n) is 6.67. The van der Waals surface area contributed by atoms with Crippen molar-refractivity contribution in [2.24, 2.45) is 0 Å². The molecule has 2 rings (SSSR count). The summed E-state index contributed by atoms with van der Waals surface area (Å²) in [6, 6.07) is 1.83. The Balaban J connectivity index is 2.01. The second kappa shape index (κ2) is 6.15. The van der Waals surface area contributed by atoms with Gasteiger partial charge in [-0.1, -0.05) is 0 Å². The van der Waals surface area contributed by atoms with Crippen molar-refractivity contribution in [3.8, 4) is 0 Å². The number of carboxylic acid groups (broad SMARTS) is 1. The van der Waals surface area contributed by atoms with Crippen LogP contribution in [-0.4, -0.2) is 77.2 Å². The Morgan fingerprint density at radius 3 is 2.90 bits per heavy atom. The molecule has 1 unspecified atom stereocenters. The molecule has 1 saturated heterocycles. The number of rotatable bonds is 4. The number of piperazine rings is 1. The Morgan fingerprint density at radius 1 is 1.45 bits per heavy atom. The van der Waals surface area contributed by atoms with Crippen LogP contribution in [0.15, 0.2) is 6.07 Å². The predicted molar refractivity (Wildman–Crippen MR) is 76.1 cm³/mol. The number of carboxylic acids is 1. The SMILES string of the molecule is Cc1cc(C(=O)O)nc(NCC2CN(C)CCN2C)n1. The second-order valence-corrected chi connectivity index (χ2v) is 5.30. The number of carbonyl (C=O) groups is 1. The monoisotopic (exact) mass is 279 g/mol. The molecule has 2 N–H and O–H groups in total. The minimum atomic E-state index is -1.03. The maximum absolute atomic E-state index is 11.0. The van der Waals surface area contributed by atoms with E-state index in [-0.39, 0.29) is 5.69 Å². The molecule has 0 aromatic carbocycles. The number of likely N-dealkylation sites (N-methyl/N-ethyl adjacent to an activating group) is 2. The molecule has 110 valence electrons. The fraction of sp³-hybridized carbons (Fsp3) is 0.615. The Morgan fingerprint density at radius 2 is 2.20 bits per heavy atom. The Kier molecular flexibility index (Phi) is 4.51. The average Bonchev–Trinajstić information content (AvgIpc) is 2.39. The van der Waals surface area contributed by atoms with Gasteiger partial charge in [-0.05, 0) is 27.1 Å². The number of aromatic carboxylic acids is 1. The highest BCUT2D eigenvalue weighted by Gasteiger charge is 2.22. The topological polar surface area (TPSA) is 81.6 Å². The van der Waals surface area contributed by atoms with Crippen LogP contribution in [0.1, 0.15) is 16.2 Å². The molecule has 0 amide bonds. The molecular formula is C13H21N5O2. The molecule has 7 heteroatoms. The molecule has 2 heterocycles. The summed E-state index contributed by atoms with van der Waals surface area (Å²) < 4.78 is 0. The highest BCUT2D eigenvalue weighted by Crippen LogP contribution is 2.09. The number of anilines is 1. The van der Waals surface area contributed by atoms with E-state index in [4.69, 9.17) is 5.11 Å². The summed E-state index contributed by atoms with van der Waals surface area (Å²) in [4.78, 5) is 23.8. The van der Waals surface area contributed by atoms with E-state index in [0.717, 1.165) is 19.6 Å². The van der Waals surface area contributed by atoms with Crippen molar-refractivity contribution >= 4 is 11.9 Å². The van der Waals surface area contributed by atoms with Gasteiger partial charge >= 0.3 is 5.97 Å². The minimum Gasteiger partial charge on any atom is -0.477 e. The van der Waals surface area contributed by atoms with E-state index in [1.54, 1.807) is 6.92 Å². The van der Waals surface area contributed by atoms with Crippen molar-refractivity contribution < 1.29 is 9.90 Å². The Hall–Kier alpha value is -1.73. The zero-order valence-corrected chi connectivity index (χ0v) is 12.1. The van der Waals surface area contributed by atoms with Crippen LogP contribution >= 0.6 is 0 Å². The molecule has 0 saturated carbocycles. The summed E-state index contributed by atoms with van der Waals surface area (Å²) in [5.41, 5.74) is 0.670. The van der Waals surface area contributed by atoms with Gasteiger partial charge < -0.3 is 15.3 Å². The number of hydrogen-bond donors (Lipinski definition) is 2. The van der Waals surface area contributed by atoms with E-state index >= 15 is 0 Å². The molecule has 1 aromatic heterocycles. The second-order valence-electron chi connectivity index (χ2n) is 5.30. The first-order valence-corrected chi connectivity index (χ1v) is 6.67. The number of nitrogens with zero attached hydrogens (tertiary/aromatic N) is 4. The van der Waals surface area contributed by atoms with Crippen LogP contribution < -0.4 is 5.32 Å². The van der Waals surface area contributed by atoms with Crippen molar-refractivity contribution in [2.45, 2.75) is 13.0 Å². The molecule has 20 heavy (non-hydrogen) atoms. The molecule has 0 aliphatic carbocycles. The Labute approximate surface area is 118 Å². The molecule has 0 radical (unpaired) electrons. The molecular weight excluding hydrogens is 258 g/mol. The van der Waals surface area contributed by atoms with Crippen LogP contribution in [0.3, 0.4) is 0 Å². The minimum absolute atomic E-state index is 0.0223. The summed E-state index contributed by atoms with van der Waals surface area (Å²) in [6.45, 7) is 5.53. The van der Waals surface area contributed by atoms with E-state index in [2.05, 4.69) is 39.2 Å². The fourth-order valence-corrected chi connectivity index (χ4v) is 2.29. The van der Waals surface area contributed by atoms with Crippen molar-refractivity contribution in [3.05, 3.63) is 17.5 Å². The fourth-order valence-electron chi connectivity index (χ4n) is 2.29. The lowest BCUT2D eigenvalue weighted by Gasteiger charge is -2.37. The highest BCUT2D eigenvalue weighted by atomic mass is 16.4. The van der Waals surface area contributed by atoms with Gasteiger partial charge in [-0.25, -0.2) is 14.8 Å².